The molecule has 1 aliphatic heterocycles. The van der Waals surface area contributed by atoms with Crippen molar-refractivity contribution in [3.05, 3.63) is 6.61 Å². The minimum absolute atomic E-state index is 0.250. The van der Waals surface area contributed by atoms with Gasteiger partial charge in [-0.1, -0.05) is 0 Å². The van der Waals surface area contributed by atoms with Crippen LogP contribution in [0, 0.1) is 6.61 Å². The largest absolute Gasteiger partial charge is 0.379 e. The Bertz CT molecular complexity index is 48.0. The van der Waals surface area contributed by atoms with E-state index in [0.29, 0.717) is 0 Å². The Hall–Kier alpha value is -0.0800. The number of rotatable bonds is 1. The van der Waals surface area contributed by atoms with E-state index >= 15 is 0 Å². The van der Waals surface area contributed by atoms with E-state index in [-0.39, 0.29) is 6.10 Å². The molecule has 0 aromatic heterocycles. The van der Waals surface area contributed by atoms with Crippen molar-refractivity contribution in [2.45, 2.75) is 12.5 Å². The summed E-state index contributed by atoms with van der Waals surface area (Å²) in [5.74, 6) is 0. The molecule has 0 aromatic rings. The lowest BCUT2D eigenvalue weighted by molar-refractivity contribution is 0.120. The van der Waals surface area contributed by atoms with Crippen molar-refractivity contribution in [1.29, 1.82) is 0 Å². The summed E-state index contributed by atoms with van der Waals surface area (Å²) in [6.07, 6.45) is 1.26. The molecule has 2 heteroatoms. The Kier molecular flexibility index (Phi) is 1.65. The normalized spacial score (nSPS) is 31.3. The van der Waals surface area contributed by atoms with Crippen molar-refractivity contribution in [2.75, 3.05) is 13.7 Å². The first-order chi connectivity index (χ1) is 3.43. The third-order valence-electron chi connectivity index (χ3n) is 1.07. The third kappa shape index (κ3) is 1.14. The fraction of sp³-hybridized carbons (Fsp3) is 0.800. The number of ether oxygens (including phenoxy) is 2. The van der Waals surface area contributed by atoms with Crippen LogP contribution in [0.2, 0.25) is 0 Å². The molecule has 41 valence electrons. The summed E-state index contributed by atoms with van der Waals surface area (Å²) < 4.78 is 9.83. The van der Waals surface area contributed by atoms with Gasteiger partial charge in [-0.15, -0.1) is 0 Å². The van der Waals surface area contributed by atoms with Crippen LogP contribution in [0.4, 0.5) is 0 Å². The van der Waals surface area contributed by atoms with Crippen LogP contribution < -0.4 is 0 Å². The van der Waals surface area contributed by atoms with Crippen LogP contribution in [0.1, 0.15) is 6.42 Å². The van der Waals surface area contributed by atoms with E-state index in [1.807, 2.05) is 0 Å². The molecule has 1 fully saturated rings. The zero-order valence-corrected chi connectivity index (χ0v) is 4.39. The maximum atomic E-state index is 4.93. The van der Waals surface area contributed by atoms with Gasteiger partial charge in [0.05, 0.1) is 6.10 Å². The van der Waals surface area contributed by atoms with Crippen molar-refractivity contribution in [2.24, 2.45) is 0 Å². The first kappa shape index (κ1) is 5.06. The van der Waals surface area contributed by atoms with Crippen LogP contribution in [-0.4, -0.2) is 19.8 Å². The minimum Gasteiger partial charge on any atom is -0.379 e. The second-order valence-electron chi connectivity index (χ2n) is 1.57. The highest BCUT2D eigenvalue weighted by Gasteiger charge is 2.13. The Morgan fingerprint density at radius 2 is 2.71 bits per heavy atom. The van der Waals surface area contributed by atoms with Gasteiger partial charge < -0.3 is 9.47 Å². The van der Waals surface area contributed by atoms with Gasteiger partial charge in [0.2, 0.25) is 0 Å². The van der Waals surface area contributed by atoms with Gasteiger partial charge in [0, 0.05) is 13.7 Å². The predicted octanol–water partition coefficient (Wildman–Crippen LogP) is 0.583. The van der Waals surface area contributed by atoms with Crippen LogP contribution in [0.15, 0.2) is 0 Å². The van der Waals surface area contributed by atoms with Gasteiger partial charge in [0.25, 0.3) is 0 Å². The number of methoxy groups -OCH3 is 1. The standard InChI is InChI=1S/C5H9O2/c1-6-5-2-3-7-4-5/h4-5H,2-3H2,1H3. The van der Waals surface area contributed by atoms with Crippen molar-refractivity contribution in [3.8, 4) is 0 Å². The van der Waals surface area contributed by atoms with Gasteiger partial charge in [0.15, 0.2) is 0 Å². The summed E-state index contributed by atoms with van der Waals surface area (Å²) in [6.45, 7) is 2.55. The van der Waals surface area contributed by atoms with E-state index < -0.39 is 0 Å². The maximum Gasteiger partial charge on any atom is 0.112 e. The fourth-order valence-electron chi connectivity index (χ4n) is 0.601. The highest BCUT2D eigenvalue weighted by atomic mass is 16.5. The van der Waals surface area contributed by atoms with Crippen molar-refractivity contribution in [1.82, 2.24) is 0 Å². The predicted molar refractivity (Wildman–Crippen MR) is 25.7 cm³/mol. The fourth-order valence-corrected chi connectivity index (χ4v) is 0.601. The molecule has 1 heterocycles. The summed E-state index contributed by atoms with van der Waals surface area (Å²) >= 11 is 0. The summed E-state index contributed by atoms with van der Waals surface area (Å²) in [6, 6.07) is 0. The highest BCUT2D eigenvalue weighted by molar-refractivity contribution is 4.72. The van der Waals surface area contributed by atoms with Crippen molar-refractivity contribution in [3.63, 3.8) is 0 Å². The van der Waals surface area contributed by atoms with E-state index in [1.54, 1.807) is 13.7 Å². The van der Waals surface area contributed by atoms with Gasteiger partial charge in [-0.25, -0.2) is 0 Å². The molecule has 2 nitrogen and oxygen atoms in total. The molecule has 1 aliphatic rings. The average molecular weight is 101 g/mol. The molecule has 1 saturated heterocycles. The van der Waals surface area contributed by atoms with Crippen molar-refractivity contribution >= 4 is 0 Å². The molecule has 1 unspecified atom stereocenters. The van der Waals surface area contributed by atoms with Crippen LogP contribution in [-0.2, 0) is 9.47 Å². The first-order valence-electron chi connectivity index (χ1n) is 2.41. The molecule has 0 spiro atoms. The smallest absolute Gasteiger partial charge is 0.112 e. The highest BCUT2D eigenvalue weighted by Crippen LogP contribution is 2.10. The molecule has 0 amide bonds. The summed E-state index contributed by atoms with van der Waals surface area (Å²) in [7, 11) is 1.69. The van der Waals surface area contributed by atoms with Crippen LogP contribution in [0.5, 0.6) is 0 Å². The van der Waals surface area contributed by atoms with Crippen LogP contribution in [0.3, 0.4) is 0 Å². The molecule has 1 rings (SSSR count). The molecular formula is C5H9O2. The Labute approximate surface area is 43.4 Å². The van der Waals surface area contributed by atoms with Crippen LogP contribution in [0.25, 0.3) is 0 Å². The molecule has 0 N–H and O–H groups in total. The molecule has 0 saturated carbocycles. The van der Waals surface area contributed by atoms with E-state index in [9.17, 15) is 0 Å². The Morgan fingerprint density at radius 1 is 1.86 bits per heavy atom. The quantitative estimate of drug-likeness (QED) is 0.481. The lowest BCUT2D eigenvalue weighted by Gasteiger charge is -1.99. The molecule has 0 bridgehead atoms. The van der Waals surface area contributed by atoms with Gasteiger partial charge >= 0.3 is 0 Å². The number of hydrogen-bond donors (Lipinski definition) is 0. The third-order valence-corrected chi connectivity index (χ3v) is 1.07. The van der Waals surface area contributed by atoms with Gasteiger partial charge in [0.1, 0.15) is 6.61 Å². The second-order valence-corrected chi connectivity index (χ2v) is 1.57. The minimum atomic E-state index is 0.250. The Morgan fingerprint density at radius 3 is 3.00 bits per heavy atom. The molecule has 0 aromatic carbocycles. The molecule has 7 heavy (non-hydrogen) atoms. The zero-order chi connectivity index (χ0) is 5.11. The molecule has 1 radical (unpaired) electrons. The average Bonchev–Trinajstić information content (AvgIpc) is 2.14. The maximum absolute atomic E-state index is 4.93. The van der Waals surface area contributed by atoms with Crippen molar-refractivity contribution < 1.29 is 9.47 Å². The monoisotopic (exact) mass is 101 g/mol. The van der Waals surface area contributed by atoms with E-state index in [4.69, 9.17) is 9.47 Å². The summed E-state index contributed by atoms with van der Waals surface area (Å²) in [5, 5.41) is 0. The Balaban J connectivity index is 2.14. The molecular weight excluding hydrogens is 92.1 g/mol. The van der Waals surface area contributed by atoms with Gasteiger partial charge in [-0.05, 0) is 6.42 Å². The topological polar surface area (TPSA) is 18.5 Å². The lowest BCUT2D eigenvalue weighted by atomic mass is 10.3. The number of hydrogen-bond acceptors (Lipinski definition) is 2. The first-order valence-corrected chi connectivity index (χ1v) is 2.41. The second kappa shape index (κ2) is 2.28. The van der Waals surface area contributed by atoms with Gasteiger partial charge in [-0.3, -0.25) is 0 Å². The summed E-state index contributed by atoms with van der Waals surface area (Å²) in [4.78, 5) is 0. The van der Waals surface area contributed by atoms with E-state index in [1.165, 1.54) is 0 Å². The van der Waals surface area contributed by atoms with E-state index in [2.05, 4.69) is 0 Å². The van der Waals surface area contributed by atoms with Crippen LogP contribution >= 0.6 is 0 Å². The summed E-state index contributed by atoms with van der Waals surface area (Å²) in [5.41, 5.74) is 0. The molecule has 1 atom stereocenters. The van der Waals surface area contributed by atoms with Gasteiger partial charge in [-0.2, -0.15) is 0 Å². The zero-order valence-electron chi connectivity index (χ0n) is 4.39. The van der Waals surface area contributed by atoms with E-state index in [0.717, 1.165) is 13.0 Å². The lowest BCUT2D eigenvalue weighted by Crippen LogP contribution is -2.03. The SMILES string of the molecule is COC1[CH]OCC1. The molecule has 0 aliphatic carbocycles.